The molecule has 0 aliphatic carbocycles. The number of hydrogen-bond donors (Lipinski definition) is 1. The fourth-order valence-corrected chi connectivity index (χ4v) is 2.40. The summed E-state index contributed by atoms with van der Waals surface area (Å²) in [5.41, 5.74) is 7.03. The van der Waals surface area contributed by atoms with Crippen LogP contribution in [0.1, 0.15) is 26.7 Å². The lowest BCUT2D eigenvalue weighted by Gasteiger charge is -2.13. The molecule has 2 N–H and O–H groups in total. The maximum Gasteiger partial charge on any atom is 0.182 e. The molecule has 0 unspecified atom stereocenters. The first-order valence-electron chi connectivity index (χ1n) is 6.57. The summed E-state index contributed by atoms with van der Waals surface area (Å²) in [6.45, 7) is 5.10. The van der Waals surface area contributed by atoms with Crippen LogP contribution in [0.2, 0.25) is 10.0 Å². The molecule has 108 valence electrons. The van der Waals surface area contributed by atoms with Gasteiger partial charge < -0.3 is 5.73 Å². The van der Waals surface area contributed by atoms with Gasteiger partial charge in [-0.2, -0.15) is 0 Å². The van der Waals surface area contributed by atoms with Crippen LogP contribution in [0.3, 0.4) is 0 Å². The Hall–Kier alpha value is -1.33. The molecule has 1 aromatic carbocycles. The molecule has 5 nitrogen and oxygen atoms in total. The molecule has 0 spiro atoms. The molecular formula is C13H17Cl2N5. The van der Waals surface area contributed by atoms with E-state index in [9.17, 15) is 0 Å². The van der Waals surface area contributed by atoms with E-state index in [4.69, 9.17) is 28.9 Å². The molecule has 0 radical (unpaired) electrons. The third-order valence-corrected chi connectivity index (χ3v) is 4.25. The number of anilines is 1. The number of nitrogens with zero attached hydrogens (tertiary/aromatic N) is 4. The molecule has 20 heavy (non-hydrogen) atoms. The summed E-state index contributed by atoms with van der Waals surface area (Å²) in [5.74, 6) is 1.19. The molecule has 0 saturated carbocycles. The molecule has 0 aliphatic heterocycles. The summed E-state index contributed by atoms with van der Waals surface area (Å²) < 4.78 is 1.79. The molecule has 0 fully saturated rings. The highest BCUT2D eigenvalue weighted by Gasteiger charge is 2.15. The highest BCUT2D eigenvalue weighted by molar-refractivity contribution is 6.43. The van der Waals surface area contributed by atoms with E-state index in [0.29, 0.717) is 27.5 Å². The predicted molar refractivity (Wildman–Crippen MR) is 81.8 cm³/mol. The number of tetrazole rings is 1. The van der Waals surface area contributed by atoms with E-state index in [-0.39, 0.29) is 0 Å². The minimum Gasteiger partial charge on any atom is -0.397 e. The largest absolute Gasteiger partial charge is 0.397 e. The predicted octanol–water partition coefficient (Wildman–Crippen LogP) is 3.67. The van der Waals surface area contributed by atoms with Crippen LogP contribution in [0.5, 0.6) is 0 Å². The maximum absolute atomic E-state index is 6.06. The summed E-state index contributed by atoms with van der Waals surface area (Å²) in [4.78, 5) is 0. The van der Waals surface area contributed by atoms with Gasteiger partial charge >= 0.3 is 0 Å². The number of nitrogen functional groups attached to an aromatic ring is 1. The lowest BCUT2D eigenvalue weighted by molar-refractivity contribution is 0.392. The van der Waals surface area contributed by atoms with E-state index in [1.807, 2.05) is 0 Å². The molecule has 2 aromatic rings. The van der Waals surface area contributed by atoms with Gasteiger partial charge in [0.05, 0.1) is 15.7 Å². The minimum atomic E-state index is 0.356. The van der Waals surface area contributed by atoms with Gasteiger partial charge in [0.2, 0.25) is 0 Å². The van der Waals surface area contributed by atoms with E-state index >= 15 is 0 Å². The number of benzene rings is 1. The average Bonchev–Trinajstić information content (AvgIpc) is 2.89. The molecule has 0 bridgehead atoms. The highest BCUT2D eigenvalue weighted by Crippen LogP contribution is 2.33. The zero-order chi connectivity index (χ0) is 14.7. The monoisotopic (exact) mass is 313 g/mol. The summed E-state index contributed by atoms with van der Waals surface area (Å²) in [6, 6.07) is 3.47. The van der Waals surface area contributed by atoms with Crippen molar-refractivity contribution >= 4 is 28.9 Å². The number of rotatable bonds is 5. The number of nitrogens with two attached hydrogens (primary N) is 1. The molecule has 2 rings (SSSR count). The lowest BCUT2D eigenvalue weighted by Crippen LogP contribution is -2.12. The SMILES string of the molecule is CCC(CC)Cn1nnnc1-c1cc(N)c(Cl)c(Cl)c1. The molecule has 0 amide bonds. The summed E-state index contributed by atoms with van der Waals surface area (Å²) in [7, 11) is 0. The van der Waals surface area contributed by atoms with Crippen LogP contribution in [-0.4, -0.2) is 20.2 Å². The summed E-state index contributed by atoms with van der Waals surface area (Å²) >= 11 is 12.0. The Morgan fingerprint density at radius 2 is 1.95 bits per heavy atom. The van der Waals surface area contributed by atoms with Crippen LogP contribution in [0, 0.1) is 5.92 Å². The standard InChI is InChI=1S/C13H17Cl2N5/c1-3-8(4-2)7-20-13(17-18-19-20)9-5-10(14)12(15)11(16)6-9/h5-6,8H,3-4,7,16H2,1-2H3. The van der Waals surface area contributed by atoms with Crippen molar-refractivity contribution in [3.05, 3.63) is 22.2 Å². The van der Waals surface area contributed by atoms with Crippen LogP contribution in [-0.2, 0) is 6.54 Å². The van der Waals surface area contributed by atoms with Gasteiger partial charge in [-0.1, -0.05) is 49.9 Å². The van der Waals surface area contributed by atoms with Gasteiger partial charge in [0.1, 0.15) is 0 Å². The van der Waals surface area contributed by atoms with E-state index in [2.05, 4.69) is 29.4 Å². The van der Waals surface area contributed by atoms with Crippen LogP contribution >= 0.6 is 23.2 Å². The van der Waals surface area contributed by atoms with Crippen molar-refractivity contribution in [2.24, 2.45) is 5.92 Å². The summed E-state index contributed by atoms with van der Waals surface area (Å²) in [5, 5.41) is 12.6. The summed E-state index contributed by atoms with van der Waals surface area (Å²) in [6.07, 6.45) is 2.17. The van der Waals surface area contributed by atoms with Crippen molar-refractivity contribution in [2.75, 3.05) is 5.73 Å². The Morgan fingerprint density at radius 1 is 1.25 bits per heavy atom. The van der Waals surface area contributed by atoms with Gasteiger partial charge in [-0.25, -0.2) is 4.68 Å². The first-order chi connectivity index (χ1) is 9.56. The topological polar surface area (TPSA) is 69.6 Å². The molecule has 7 heteroatoms. The lowest BCUT2D eigenvalue weighted by atomic mass is 10.0. The Bertz CT molecular complexity index is 569. The Morgan fingerprint density at radius 3 is 2.55 bits per heavy atom. The van der Waals surface area contributed by atoms with Crippen LogP contribution in [0.15, 0.2) is 12.1 Å². The molecule has 1 heterocycles. The van der Waals surface area contributed by atoms with Gasteiger partial charge in [-0.05, 0) is 28.5 Å². The minimum absolute atomic E-state index is 0.356. The zero-order valence-corrected chi connectivity index (χ0v) is 13.0. The quantitative estimate of drug-likeness (QED) is 0.855. The van der Waals surface area contributed by atoms with E-state index in [1.54, 1.807) is 16.8 Å². The Labute approximate surface area is 128 Å². The van der Waals surface area contributed by atoms with Crippen LogP contribution in [0.4, 0.5) is 5.69 Å². The first-order valence-corrected chi connectivity index (χ1v) is 7.33. The fourth-order valence-electron chi connectivity index (χ4n) is 2.07. The van der Waals surface area contributed by atoms with Gasteiger partial charge in [0, 0.05) is 12.1 Å². The van der Waals surface area contributed by atoms with E-state index in [0.717, 1.165) is 24.9 Å². The molecule has 0 saturated heterocycles. The smallest absolute Gasteiger partial charge is 0.182 e. The third-order valence-electron chi connectivity index (χ3n) is 3.43. The van der Waals surface area contributed by atoms with Gasteiger partial charge in [-0.15, -0.1) is 5.10 Å². The average molecular weight is 314 g/mol. The second-order valence-electron chi connectivity index (χ2n) is 4.73. The molecular weight excluding hydrogens is 297 g/mol. The number of hydrogen-bond acceptors (Lipinski definition) is 4. The number of halogens is 2. The van der Waals surface area contributed by atoms with E-state index < -0.39 is 0 Å². The Balaban J connectivity index is 2.37. The van der Waals surface area contributed by atoms with Crippen molar-refractivity contribution in [1.82, 2.24) is 20.2 Å². The van der Waals surface area contributed by atoms with E-state index in [1.165, 1.54) is 0 Å². The van der Waals surface area contributed by atoms with Gasteiger partial charge in [0.15, 0.2) is 5.82 Å². The van der Waals surface area contributed by atoms with Crippen LogP contribution < -0.4 is 5.73 Å². The first kappa shape index (κ1) is 15.1. The van der Waals surface area contributed by atoms with Gasteiger partial charge in [0.25, 0.3) is 0 Å². The second kappa shape index (κ2) is 6.41. The molecule has 1 aromatic heterocycles. The third kappa shape index (κ3) is 3.04. The molecule has 0 aliphatic rings. The zero-order valence-electron chi connectivity index (χ0n) is 11.5. The normalized spacial score (nSPS) is 11.2. The highest BCUT2D eigenvalue weighted by atomic mass is 35.5. The van der Waals surface area contributed by atoms with Crippen LogP contribution in [0.25, 0.3) is 11.4 Å². The second-order valence-corrected chi connectivity index (χ2v) is 5.51. The van der Waals surface area contributed by atoms with Gasteiger partial charge in [-0.3, -0.25) is 0 Å². The maximum atomic E-state index is 6.06. The fraction of sp³-hybridized carbons (Fsp3) is 0.462. The van der Waals surface area contributed by atoms with Crippen molar-refractivity contribution in [3.8, 4) is 11.4 Å². The van der Waals surface area contributed by atoms with Crippen molar-refractivity contribution in [1.29, 1.82) is 0 Å². The molecule has 0 atom stereocenters. The van der Waals surface area contributed by atoms with Crippen molar-refractivity contribution in [3.63, 3.8) is 0 Å². The van der Waals surface area contributed by atoms with Crippen molar-refractivity contribution in [2.45, 2.75) is 33.2 Å². The Kier molecular flexibility index (Phi) is 4.83. The number of aromatic nitrogens is 4. The van der Waals surface area contributed by atoms with Crippen molar-refractivity contribution < 1.29 is 0 Å².